The third-order valence-electron chi connectivity index (χ3n) is 2.21. The van der Waals surface area contributed by atoms with Gasteiger partial charge in [0.15, 0.2) is 0 Å². The highest BCUT2D eigenvalue weighted by Crippen LogP contribution is 2.18. The number of sulfone groups is 1. The molecule has 1 aromatic rings. The van der Waals surface area contributed by atoms with E-state index < -0.39 is 15.0 Å². The quantitative estimate of drug-likeness (QED) is 0.842. The first kappa shape index (κ1) is 12.7. The Morgan fingerprint density at radius 1 is 1.56 bits per heavy atom. The Balaban J connectivity index is 3.22. The number of nitrogens with zero attached hydrogens (tertiary/aromatic N) is 2. The number of nitrogens with two attached hydrogens (primary N) is 1. The SMILES string of the molecule is CCS(=O)(=O)C(=O)c1cnn(C(C)C)c1N. The molecule has 0 radical (unpaired) electrons. The van der Waals surface area contributed by atoms with Gasteiger partial charge in [-0.3, -0.25) is 4.79 Å². The Labute approximate surface area is 94.4 Å². The largest absolute Gasteiger partial charge is 0.383 e. The highest BCUT2D eigenvalue weighted by Gasteiger charge is 2.26. The third-order valence-corrected chi connectivity index (χ3v) is 3.75. The second-order valence-electron chi connectivity index (χ2n) is 3.67. The Morgan fingerprint density at radius 2 is 2.12 bits per heavy atom. The Kier molecular flexibility index (Phi) is 3.37. The molecule has 0 saturated heterocycles. The minimum absolute atomic E-state index is 0.0223. The van der Waals surface area contributed by atoms with E-state index in [4.69, 9.17) is 5.73 Å². The molecular weight excluding hydrogens is 230 g/mol. The summed E-state index contributed by atoms with van der Waals surface area (Å²) in [5.41, 5.74) is 5.63. The summed E-state index contributed by atoms with van der Waals surface area (Å²) in [5.74, 6) is -0.143. The molecule has 0 aliphatic carbocycles. The minimum Gasteiger partial charge on any atom is -0.383 e. The average Bonchev–Trinajstić information content (AvgIpc) is 2.59. The van der Waals surface area contributed by atoms with Crippen molar-refractivity contribution in [2.45, 2.75) is 26.8 Å². The van der Waals surface area contributed by atoms with E-state index in [1.165, 1.54) is 17.8 Å². The van der Waals surface area contributed by atoms with Crippen molar-refractivity contribution < 1.29 is 13.2 Å². The zero-order valence-electron chi connectivity index (χ0n) is 9.47. The van der Waals surface area contributed by atoms with Gasteiger partial charge in [0.1, 0.15) is 5.82 Å². The summed E-state index contributed by atoms with van der Waals surface area (Å²) in [5, 5.41) is 2.93. The van der Waals surface area contributed by atoms with Crippen LogP contribution in [0, 0.1) is 0 Å². The summed E-state index contributed by atoms with van der Waals surface area (Å²) in [6.45, 7) is 5.09. The molecule has 7 heteroatoms. The minimum atomic E-state index is -3.76. The van der Waals surface area contributed by atoms with Crippen LogP contribution in [-0.2, 0) is 9.84 Å². The number of aromatic nitrogens is 2. The van der Waals surface area contributed by atoms with Crippen LogP contribution in [0.4, 0.5) is 5.82 Å². The number of rotatable bonds is 3. The van der Waals surface area contributed by atoms with Crippen LogP contribution in [0.15, 0.2) is 6.20 Å². The van der Waals surface area contributed by atoms with Crippen molar-refractivity contribution in [3.8, 4) is 0 Å². The van der Waals surface area contributed by atoms with Gasteiger partial charge < -0.3 is 5.73 Å². The molecule has 1 aromatic heterocycles. The zero-order chi connectivity index (χ0) is 12.5. The van der Waals surface area contributed by atoms with Crippen molar-refractivity contribution in [2.75, 3.05) is 11.5 Å². The van der Waals surface area contributed by atoms with Gasteiger partial charge in [-0.05, 0) is 13.8 Å². The number of carbonyl (C=O) groups is 1. The maximum atomic E-state index is 11.6. The molecule has 0 saturated carbocycles. The first-order valence-corrected chi connectivity index (χ1v) is 6.56. The van der Waals surface area contributed by atoms with E-state index >= 15 is 0 Å². The fourth-order valence-corrected chi connectivity index (χ4v) is 1.99. The molecule has 0 aromatic carbocycles. The smallest absolute Gasteiger partial charge is 0.281 e. The lowest BCUT2D eigenvalue weighted by Gasteiger charge is -2.07. The maximum Gasteiger partial charge on any atom is 0.281 e. The van der Waals surface area contributed by atoms with Crippen molar-refractivity contribution in [1.82, 2.24) is 9.78 Å². The van der Waals surface area contributed by atoms with Gasteiger partial charge in [0.25, 0.3) is 5.12 Å². The Morgan fingerprint density at radius 3 is 2.50 bits per heavy atom. The normalized spacial score (nSPS) is 12.0. The van der Waals surface area contributed by atoms with Gasteiger partial charge >= 0.3 is 0 Å². The van der Waals surface area contributed by atoms with Gasteiger partial charge in [-0.15, -0.1) is 0 Å². The van der Waals surface area contributed by atoms with Gasteiger partial charge in [0.05, 0.1) is 17.5 Å². The topological polar surface area (TPSA) is 95.0 Å². The molecular formula is C9H15N3O3S. The van der Waals surface area contributed by atoms with Crippen LogP contribution in [0.1, 0.15) is 37.2 Å². The van der Waals surface area contributed by atoms with Crippen molar-refractivity contribution in [1.29, 1.82) is 0 Å². The summed E-state index contributed by atoms with van der Waals surface area (Å²) < 4.78 is 24.2. The van der Waals surface area contributed by atoms with Crippen molar-refractivity contribution >= 4 is 20.8 Å². The lowest BCUT2D eigenvalue weighted by atomic mass is 10.3. The molecule has 0 spiro atoms. The Hall–Kier alpha value is -1.37. The fourth-order valence-electron chi connectivity index (χ4n) is 1.24. The maximum absolute atomic E-state index is 11.6. The van der Waals surface area contributed by atoms with E-state index in [1.807, 2.05) is 13.8 Å². The summed E-state index contributed by atoms with van der Waals surface area (Å²) in [6, 6.07) is -0.0223. The zero-order valence-corrected chi connectivity index (χ0v) is 10.3. The standard InChI is InChI=1S/C9H15N3O3S/c1-4-16(14,15)9(13)7-5-11-12(6(2)3)8(7)10/h5-6H,4,10H2,1-3H3. The highest BCUT2D eigenvalue weighted by atomic mass is 32.2. The lowest BCUT2D eigenvalue weighted by molar-refractivity contribution is 0.107. The molecule has 1 rings (SSSR count). The van der Waals surface area contributed by atoms with Crippen LogP contribution in [0.2, 0.25) is 0 Å². The predicted octanol–water partition coefficient (Wildman–Crippen LogP) is 0.621. The van der Waals surface area contributed by atoms with Gasteiger partial charge in [0, 0.05) is 6.04 Å². The van der Waals surface area contributed by atoms with Gasteiger partial charge in [-0.2, -0.15) is 5.10 Å². The number of hydrogen-bond acceptors (Lipinski definition) is 5. The highest BCUT2D eigenvalue weighted by molar-refractivity contribution is 8.06. The average molecular weight is 245 g/mol. The molecule has 1 heterocycles. The summed E-state index contributed by atoms with van der Waals surface area (Å²) >= 11 is 0. The molecule has 90 valence electrons. The number of carbonyl (C=O) groups excluding carboxylic acids is 1. The monoisotopic (exact) mass is 245 g/mol. The predicted molar refractivity (Wildman–Crippen MR) is 60.8 cm³/mol. The number of nitrogen functional groups attached to an aromatic ring is 1. The molecule has 2 N–H and O–H groups in total. The van der Waals surface area contributed by atoms with Crippen LogP contribution in [0.25, 0.3) is 0 Å². The first-order valence-electron chi connectivity index (χ1n) is 4.91. The van der Waals surface area contributed by atoms with Crippen molar-refractivity contribution in [2.24, 2.45) is 0 Å². The number of anilines is 1. The van der Waals surface area contributed by atoms with E-state index in [1.54, 1.807) is 0 Å². The molecule has 0 aliphatic heterocycles. The summed E-state index contributed by atoms with van der Waals surface area (Å²) in [4.78, 5) is 11.6. The van der Waals surface area contributed by atoms with Gasteiger partial charge in [-0.1, -0.05) is 6.92 Å². The van der Waals surface area contributed by atoms with E-state index in [2.05, 4.69) is 5.10 Å². The van der Waals surface area contributed by atoms with E-state index in [0.29, 0.717) is 0 Å². The Bertz CT molecular complexity index is 502. The van der Waals surface area contributed by atoms with Gasteiger partial charge in [-0.25, -0.2) is 13.1 Å². The van der Waals surface area contributed by atoms with Crippen LogP contribution in [0.5, 0.6) is 0 Å². The van der Waals surface area contributed by atoms with Crippen molar-refractivity contribution in [3.63, 3.8) is 0 Å². The molecule has 0 aliphatic rings. The summed E-state index contributed by atoms with van der Waals surface area (Å²) in [6.07, 6.45) is 1.20. The van der Waals surface area contributed by atoms with Crippen LogP contribution in [-0.4, -0.2) is 29.1 Å². The molecule has 0 atom stereocenters. The number of hydrogen-bond donors (Lipinski definition) is 1. The van der Waals surface area contributed by atoms with E-state index in [-0.39, 0.29) is 23.2 Å². The fraction of sp³-hybridized carbons (Fsp3) is 0.556. The van der Waals surface area contributed by atoms with Gasteiger partial charge in [0.2, 0.25) is 9.84 Å². The third kappa shape index (κ3) is 2.08. The molecule has 0 unspecified atom stereocenters. The van der Waals surface area contributed by atoms with Crippen LogP contribution < -0.4 is 5.73 Å². The van der Waals surface area contributed by atoms with E-state index in [9.17, 15) is 13.2 Å². The molecule has 6 nitrogen and oxygen atoms in total. The first-order chi connectivity index (χ1) is 7.31. The van der Waals surface area contributed by atoms with Crippen LogP contribution >= 0.6 is 0 Å². The van der Waals surface area contributed by atoms with Crippen molar-refractivity contribution in [3.05, 3.63) is 11.8 Å². The summed E-state index contributed by atoms with van der Waals surface area (Å²) in [7, 11) is -3.76. The molecule has 0 amide bonds. The molecule has 0 bridgehead atoms. The molecule has 0 fully saturated rings. The second-order valence-corrected chi connectivity index (χ2v) is 5.85. The second kappa shape index (κ2) is 4.25. The molecule has 16 heavy (non-hydrogen) atoms. The lowest BCUT2D eigenvalue weighted by Crippen LogP contribution is -2.18. The van der Waals surface area contributed by atoms with E-state index in [0.717, 1.165) is 0 Å². The van der Waals surface area contributed by atoms with Crippen LogP contribution in [0.3, 0.4) is 0 Å².